The number of fused-ring (bicyclic) bond motifs is 1. The van der Waals surface area contributed by atoms with Crippen molar-refractivity contribution in [3.8, 4) is 0 Å². The number of aliphatic hydroxyl groups is 2. The van der Waals surface area contributed by atoms with E-state index in [1.807, 2.05) is 0 Å². The van der Waals surface area contributed by atoms with Crippen molar-refractivity contribution in [1.29, 1.82) is 0 Å². The molecule has 0 saturated carbocycles. The van der Waals surface area contributed by atoms with Gasteiger partial charge in [-0.1, -0.05) is 6.58 Å². The molecule has 3 rings (SSSR count). The van der Waals surface area contributed by atoms with Crippen LogP contribution < -0.4 is 11.3 Å². The van der Waals surface area contributed by atoms with Gasteiger partial charge in [-0.3, -0.25) is 18.9 Å². The van der Waals surface area contributed by atoms with Gasteiger partial charge in [0.2, 0.25) is 5.95 Å². The molecule has 5 N–H and O–H groups in total. The zero-order valence-corrected chi connectivity index (χ0v) is 14.6. The van der Waals surface area contributed by atoms with E-state index >= 15 is 0 Å². The molecule has 2 aromatic rings. The number of nitrogens with two attached hydrogens (primary N) is 1. The van der Waals surface area contributed by atoms with E-state index in [1.165, 1.54) is 18.0 Å². The predicted molar refractivity (Wildman–Crippen MR) is 89.2 cm³/mol. The first-order valence-corrected chi connectivity index (χ1v) is 9.08. The second kappa shape index (κ2) is 6.91. The average molecular weight is 387 g/mol. The Morgan fingerprint density at radius 1 is 1.54 bits per heavy atom. The average Bonchev–Trinajstić information content (AvgIpc) is 3.15. The minimum absolute atomic E-state index is 0.000249. The maximum absolute atomic E-state index is 12.0. The van der Waals surface area contributed by atoms with E-state index in [0.29, 0.717) is 0 Å². The minimum atomic E-state index is -3.51. The van der Waals surface area contributed by atoms with Crippen molar-refractivity contribution < 1.29 is 28.6 Å². The van der Waals surface area contributed by atoms with E-state index in [2.05, 4.69) is 21.5 Å². The number of rotatable bonds is 6. The van der Waals surface area contributed by atoms with Crippen LogP contribution in [0.4, 0.5) is 5.95 Å². The van der Waals surface area contributed by atoms with Gasteiger partial charge in [-0.05, 0) is 0 Å². The van der Waals surface area contributed by atoms with Crippen LogP contribution in [-0.4, -0.2) is 61.8 Å². The highest BCUT2D eigenvalue weighted by atomic mass is 31.2. The fraction of sp³-hybridized carbons (Fsp3) is 0.462. The van der Waals surface area contributed by atoms with E-state index in [4.69, 9.17) is 19.5 Å². The lowest BCUT2D eigenvalue weighted by atomic mass is 10.1. The molecular formula is C13H18N5O7P. The Morgan fingerprint density at radius 3 is 2.92 bits per heavy atom. The van der Waals surface area contributed by atoms with Crippen molar-refractivity contribution in [1.82, 2.24) is 19.5 Å². The predicted octanol–water partition coefficient (Wildman–Crippen LogP) is -0.679. The van der Waals surface area contributed by atoms with Crippen molar-refractivity contribution in [3.05, 3.63) is 29.1 Å². The standard InChI is InChI=1S/C13H18N5O7P/c1-3-26(22,23-2)24-4-6-8(19)9(20)12(25-6)18-5-15-7-10(18)16-13(14)17-11(7)21/h3,5-6,8-9,12,19-20H,1,4H2,2H3,(H3,14,16,17,21). The molecule has 0 amide bonds. The molecule has 1 aliphatic rings. The quantitative estimate of drug-likeness (QED) is 0.465. The van der Waals surface area contributed by atoms with Crippen LogP contribution >= 0.6 is 7.60 Å². The van der Waals surface area contributed by atoms with Gasteiger partial charge in [-0.2, -0.15) is 4.98 Å². The van der Waals surface area contributed by atoms with Crippen molar-refractivity contribution in [2.45, 2.75) is 24.5 Å². The van der Waals surface area contributed by atoms with E-state index in [-0.39, 0.29) is 23.7 Å². The molecule has 5 atom stereocenters. The first-order chi connectivity index (χ1) is 12.3. The van der Waals surface area contributed by atoms with Gasteiger partial charge in [0.15, 0.2) is 17.4 Å². The van der Waals surface area contributed by atoms with Crippen LogP contribution in [0.25, 0.3) is 11.2 Å². The highest BCUT2D eigenvalue weighted by Crippen LogP contribution is 2.49. The lowest BCUT2D eigenvalue weighted by molar-refractivity contribution is -0.0484. The van der Waals surface area contributed by atoms with E-state index in [0.717, 1.165) is 5.82 Å². The van der Waals surface area contributed by atoms with Crippen LogP contribution in [0.3, 0.4) is 0 Å². The van der Waals surface area contributed by atoms with E-state index in [9.17, 15) is 19.6 Å². The summed E-state index contributed by atoms with van der Waals surface area (Å²) in [6.45, 7) is 3.03. The largest absolute Gasteiger partial charge is 0.387 e. The van der Waals surface area contributed by atoms with Crippen molar-refractivity contribution in [3.63, 3.8) is 0 Å². The van der Waals surface area contributed by atoms with Gasteiger partial charge in [0.05, 0.1) is 12.9 Å². The third-order valence-corrected chi connectivity index (χ3v) is 5.42. The van der Waals surface area contributed by atoms with E-state index in [1.54, 1.807) is 0 Å². The molecule has 1 saturated heterocycles. The molecule has 142 valence electrons. The summed E-state index contributed by atoms with van der Waals surface area (Å²) in [4.78, 5) is 22.0. The Bertz CT molecular complexity index is 927. The van der Waals surface area contributed by atoms with Crippen LogP contribution in [0.5, 0.6) is 0 Å². The number of anilines is 1. The number of imidazole rings is 1. The number of aromatic nitrogens is 4. The SMILES string of the molecule is C=CP(=O)(OC)OCC1OC(n2cnc3c(=O)[nH]c(N)nc32)C(O)C1O. The topological polar surface area (TPSA) is 175 Å². The normalized spacial score (nSPS) is 28.3. The number of aromatic amines is 1. The monoisotopic (exact) mass is 387 g/mol. The van der Waals surface area contributed by atoms with Crippen LogP contribution in [0.1, 0.15) is 6.23 Å². The van der Waals surface area contributed by atoms with Crippen LogP contribution in [0.15, 0.2) is 23.5 Å². The molecule has 0 spiro atoms. The van der Waals surface area contributed by atoms with Gasteiger partial charge >= 0.3 is 7.60 Å². The molecule has 0 bridgehead atoms. The second-order valence-electron chi connectivity index (χ2n) is 5.52. The summed E-state index contributed by atoms with van der Waals surface area (Å²) in [5.74, 6) is 0.883. The minimum Gasteiger partial charge on any atom is -0.387 e. The van der Waals surface area contributed by atoms with Gasteiger partial charge < -0.3 is 29.7 Å². The van der Waals surface area contributed by atoms with Gasteiger partial charge in [0, 0.05) is 12.9 Å². The number of nitrogens with one attached hydrogen (secondary N) is 1. The van der Waals surface area contributed by atoms with Gasteiger partial charge in [0.25, 0.3) is 5.56 Å². The molecule has 26 heavy (non-hydrogen) atoms. The molecular weight excluding hydrogens is 369 g/mol. The smallest absolute Gasteiger partial charge is 0.353 e. The van der Waals surface area contributed by atoms with Crippen LogP contribution in [0, 0.1) is 0 Å². The fourth-order valence-electron chi connectivity index (χ4n) is 2.58. The molecule has 0 aromatic carbocycles. The number of ether oxygens (including phenoxy) is 1. The van der Waals surface area contributed by atoms with Crippen molar-refractivity contribution in [2.24, 2.45) is 0 Å². The second-order valence-corrected chi connectivity index (χ2v) is 7.59. The molecule has 2 aromatic heterocycles. The van der Waals surface area contributed by atoms with Crippen molar-refractivity contribution in [2.75, 3.05) is 19.5 Å². The number of nitrogens with zero attached hydrogens (tertiary/aromatic N) is 3. The first kappa shape index (κ1) is 18.7. The lowest BCUT2D eigenvalue weighted by Gasteiger charge is -2.18. The Balaban J connectivity index is 1.85. The number of aliphatic hydroxyl groups excluding tert-OH is 2. The fourth-order valence-corrected chi connectivity index (χ4v) is 3.30. The zero-order valence-electron chi connectivity index (χ0n) is 13.7. The van der Waals surface area contributed by atoms with E-state index < -0.39 is 37.7 Å². The highest BCUT2D eigenvalue weighted by Gasteiger charge is 2.45. The van der Waals surface area contributed by atoms with Crippen molar-refractivity contribution >= 4 is 24.7 Å². The number of hydrogen-bond acceptors (Lipinski definition) is 10. The third-order valence-electron chi connectivity index (χ3n) is 3.96. The summed E-state index contributed by atoms with van der Waals surface area (Å²) in [6, 6.07) is 0. The maximum atomic E-state index is 12.0. The Hall–Kier alpha value is -2.08. The van der Waals surface area contributed by atoms with Gasteiger partial charge in [0.1, 0.15) is 18.3 Å². The molecule has 0 radical (unpaired) electrons. The number of hydrogen-bond donors (Lipinski definition) is 4. The van der Waals surface area contributed by atoms with Gasteiger partial charge in [-0.25, -0.2) is 4.98 Å². The number of H-pyrrole nitrogens is 1. The number of nitrogen functional groups attached to an aromatic ring is 1. The van der Waals surface area contributed by atoms with Crippen LogP contribution in [0.2, 0.25) is 0 Å². The van der Waals surface area contributed by atoms with Gasteiger partial charge in [-0.15, -0.1) is 0 Å². The Kier molecular flexibility index (Phi) is 4.97. The molecule has 5 unspecified atom stereocenters. The highest BCUT2D eigenvalue weighted by molar-refractivity contribution is 7.57. The van der Waals surface area contributed by atoms with Crippen LogP contribution in [-0.2, 0) is 18.3 Å². The summed E-state index contributed by atoms with van der Waals surface area (Å²) in [7, 11) is -2.32. The summed E-state index contributed by atoms with van der Waals surface area (Å²) in [5.41, 5.74) is 5.06. The Morgan fingerprint density at radius 2 is 2.27 bits per heavy atom. The molecule has 13 heteroatoms. The first-order valence-electron chi connectivity index (χ1n) is 7.47. The summed E-state index contributed by atoms with van der Waals surface area (Å²) in [6.07, 6.45) is -3.63. The summed E-state index contributed by atoms with van der Waals surface area (Å²) >= 11 is 0. The Labute approximate surface area is 146 Å². The lowest BCUT2D eigenvalue weighted by Crippen LogP contribution is -2.33. The molecule has 3 heterocycles. The maximum Gasteiger partial charge on any atom is 0.353 e. The summed E-state index contributed by atoms with van der Waals surface area (Å²) < 4.78 is 28.7. The molecule has 1 fully saturated rings. The molecule has 1 aliphatic heterocycles. The summed E-state index contributed by atoms with van der Waals surface area (Å²) in [5, 5.41) is 20.5. The molecule has 0 aliphatic carbocycles. The zero-order chi connectivity index (χ0) is 19.1. The third kappa shape index (κ3) is 3.18. The molecule has 12 nitrogen and oxygen atoms in total.